The number of aromatic nitrogens is 6. The zero-order valence-corrected chi connectivity index (χ0v) is 7.58. The minimum Gasteiger partial charge on any atom is -0.344 e. The molecule has 0 aliphatic carbocycles. The molecule has 0 saturated heterocycles. The number of amides is 1. The van der Waals surface area contributed by atoms with Gasteiger partial charge in [-0.25, -0.2) is 9.97 Å². The van der Waals surface area contributed by atoms with Crippen molar-refractivity contribution in [2.45, 2.75) is 6.54 Å². The van der Waals surface area contributed by atoms with Crippen LogP contribution in [0.1, 0.15) is 16.2 Å². The lowest BCUT2D eigenvalue weighted by Gasteiger charge is -2.00. The molecule has 2 N–H and O–H groups in total. The number of tetrazole rings is 1. The van der Waals surface area contributed by atoms with Gasteiger partial charge in [0.05, 0.1) is 12.1 Å². The monoisotopic (exact) mass is 205 g/mol. The third-order valence-electron chi connectivity index (χ3n) is 1.62. The Hall–Kier alpha value is -2.38. The molecule has 8 nitrogen and oxygen atoms in total. The molecule has 8 heteroatoms. The first-order valence-corrected chi connectivity index (χ1v) is 4.12. The van der Waals surface area contributed by atoms with Gasteiger partial charge in [0.25, 0.3) is 5.91 Å². The maximum atomic E-state index is 11.5. The summed E-state index contributed by atoms with van der Waals surface area (Å²) in [4.78, 5) is 18.9. The summed E-state index contributed by atoms with van der Waals surface area (Å²) in [5.74, 6) is 0.139. The normalized spacial score (nSPS) is 9.87. The fraction of sp³-hybridized carbons (Fsp3) is 0.143. The maximum Gasteiger partial charge on any atom is 0.254 e. The molecule has 76 valence electrons. The van der Waals surface area contributed by atoms with Crippen molar-refractivity contribution >= 4 is 5.91 Å². The number of carbonyl (C=O) groups excluding carboxylic acids is 1. The Morgan fingerprint density at radius 2 is 2.20 bits per heavy atom. The summed E-state index contributed by atoms with van der Waals surface area (Å²) < 4.78 is 0. The van der Waals surface area contributed by atoms with Gasteiger partial charge in [-0.05, 0) is 0 Å². The van der Waals surface area contributed by atoms with Crippen LogP contribution in [0.5, 0.6) is 0 Å². The summed E-state index contributed by atoms with van der Waals surface area (Å²) in [7, 11) is 0. The lowest BCUT2D eigenvalue weighted by molar-refractivity contribution is 0.0949. The highest BCUT2D eigenvalue weighted by Gasteiger charge is 2.06. The molecule has 0 fully saturated rings. The molecule has 0 unspecified atom stereocenters. The SMILES string of the molecule is O=C(NCc1nn[nH]n1)c1cncnc1. The molecule has 0 atom stereocenters. The van der Waals surface area contributed by atoms with Crippen molar-refractivity contribution in [3.05, 3.63) is 30.1 Å². The van der Waals surface area contributed by atoms with Crippen molar-refractivity contribution in [3.8, 4) is 0 Å². The molecule has 0 aliphatic heterocycles. The summed E-state index contributed by atoms with van der Waals surface area (Å²) in [5.41, 5.74) is 0.390. The topological polar surface area (TPSA) is 109 Å². The van der Waals surface area contributed by atoms with Crippen LogP contribution < -0.4 is 5.32 Å². The summed E-state index contributed by atoms with van der Waals surface area (Å²) in [6.07, 6.45) is 4.22. The van der Waals surface area contributed by atoms with Crippen LogP contribution in [-0.2, 0) is 6.54 Å². The van der Waals surface area contributed by atoms with Crippen molar-refractivity contribution in [2.24, 2.45) is 0 Å². The van der Waals surface area contributed by atoms with Gasteiger partial charge in [-0.3, -0.25) is 4.79 Å². The highest BCUT2D eigenvalue weighted by Crippen LogP contribution is 1.93. The molecule has 15 heavy (non-hydrogen) atoms. The average molecular weight is 205 g/mol. The third-order valence-corrected chi connectivity index (χ3v) is 1.62. The standard InChI is InChI=1S/C7H7N7O/c15-7(5-1-8-4-9-2-5)10-3-6-11-13-14-12-6/h1-2,4H,3H2,(H,10,15)(H,11,12,13,14). The van der Waals surface area contributed by atoms with E-state index in [4.69, 9.17) is 0 Å². The Morgan fingerprint density at radius 3 is 2.87 bits per heavy atom. The molecule has 1 amide bonds. The second-order valence-corrected chi connectivity index (χ2v) is 2.64. The Labute approximate surface area is 84.1 Å². The van der Waals surface area contributed by atoms with Gasteiger partial charge in [-0.1, -0.05) is 5.21 Å². The lowest BCUT2D eigenvalue weighted by atomic mass is 10.3. The summed E-state index contributed by atoms with van der Waals surface area (Å²) in [6.45, 7) is 0.213. The van der Waals surface area contributed by atoms with E-state index in [2.05, 4.69) is 35.9 Å². The van der Waals surface area contributed by atoms with Gasteiger partial charge >= 0.3 is 0 Å². The molecular formula is C7H7N7O. The highest BCUT2D eigenvalue weighted by atomic mass is 16.1. The number of hydrogen-bond acceptors (Lipinski definition) is 6. The van der Waals surface area contributed by atoms with E-state index in [0.717, 1.165) is 0 Å². The van der Waals surface area contributed by atoms with Gasteiger partial charge in [0.2, 0.25) is 0 Å². The number of carbonyl (C=O) groups is 1. The number of H-pyrrole nitrogens is 1. The van der Waals surface area contributed by atoms with E-state index in [9.17, 15) is 4.79 Å². The molecule has 2 heterocycles. The van der Waals surface area contributed by atoms with E-state index < -0.39 is 0 Å². The van der Waals surface area contributed by atoms with Crippen molar-refractivity contribution < 1.29 is 4.79 Å². The number of nitrogens with zero attached hydrogens (tertiary/aromatic N) is 5. The molecule has 0 aromatic carbocycles. The van der Waals surface area contributed by atoms with Crippen LogP contribution in [0.4, 0.5) is 0 Å². The van der Waals surface area contributed by atoms with Gasteiger partial charge in [-0.15, -0.1) is 10.2 Å². The van der Waals surface area contributed by atoms with Gasteiger partial charge in [0.15, 0.2) is 5.82 Å². The van der Waals surface area contributed by atoms with E-state index in [1.807, 2.05) is 0 Å². The Balaban J connectivity index is 1.94. The number of rotatable bonds is 3. The van der Waals surface area contributed by atoms with Crippen molar-refractivity contribution in [1.82, 2.24) is 35.9 Å². The van der Waals surface area contributed by atoms with E-state index in [0.29, 0.717) is 11.4 Å². The predicted octanol–water partition coefficient (Wildman–Crippen LogP) is -1.08. The minimum absolute atomic E-state index is 0.213. The molecular weight excluding hydrogens is 198 g/mol. The highest BCUT2D eigenvalue weighted by molar-refractivity contribution is 5.93. The molecule has 2 rings (SSSR count). The number of hydrogen-bond donors (Lipinski definition) is 2. The van der Waals surface area contributed by atoms with Crippen LogP contribution in [0.3, 0.4) is 0 Å². The van der Waals surface area contributed by atoms with Crippen molar-refractivity contribution in [3.63, 3.8) is 0 Å². The summed E-state index contributed by atoms with van der Waals surface area (Å²) in [5, 5.41) is 15.6. The predicted molar refractivity (Wildman–Crippen MR) is 47.4 cm³/mol. The van der Waals surface area contributed by atoms with Crippen LogP contribution in [0.15, 0.2) is 18.7 Å². The fourth-order valence-electron chi connectivity index (χ4n) is 0.935. The Morgan fingerprint density at radius 1 is 1.40 bits per heavy atom. The number of nitrogens with one attached hydrogen (secondary N) is 2. The molecule has 2 aromatic heterocycles. The molecule has 2 aromatic rings. The lowest BCUT2D eigenvalue weighted by Crippen LogP contribution is -2.23. The van der Waals surface area contributed by atoms with Crippen molar-refractivity contribution in [1.29, 1.82) is 0 Å². The average Bonchev–Trinajstić information content (AvgIpc) is 2.80. The van der Waals surface area contributed by atoms with Gasteiger partial charge in [0.1, 0.15) is 6.33 Å². The van der Waals surface area contributed by atoms with Gasteiger partial charge in [0, 0.05) is 12.4 Å². The Kier molecular flexibility index (Phi) is 2.59. The van der Waals surface area contributed by atoms with Crippen LogP contribution in [0.25, 0.3) is 0 Å². The quantitative estimate of drug-likeness (QED) is 0.659. The smallest absolute Gasteiger partial charge is 0.254 e. The summed E-state index contributed by atoms with van der Waals surface area (Å²) >= 11 is 0. The second-order valence-electron chi connectivity index (χ2n) is 2.64. The summed E-state index contributed by atoms with van der Waals surface area (Å²) in [6, 6.07) is 0. The zero-order chi connectivity index (χ0) is 10.5. The van der Waals surface area contributed by atoms with Gasteiger partial charge in [-0.2, -0.15) is 5.21 Å². The first-order chi connectivity index (χ1) is 7.36. The fourth-order valence-corrected chi connectivity index (χ4v) is 0.935. The largest absolute Gasteiger partial charge is 0.344 e. The third kappa shape index (κ3) is 2.30. The minimum atomic E-state index is -0.277. The van der Waals surface area contributed by atoms with E-state index >= 15 is 0 Å². The zero-order valence-electron chi connectivity index (χ0n) is 7.58. The Bertz CT molecular complexity index is 426. The van der Waals surface area contributed by atoms with Crippen LogP contribution in [0, 0.1) is 0 Å². The molecule has 0 spiro atoms. The molecule has 0 radical (unpaired) electrons. The number of aromatic amines is 1. The second kappa shape index (κ2) is 4.22. The maximum absolute atomic E-state index is 11.5. The first kappa shape index (κ1) is 9.19. The van der Waals surface area contributed by atoms with Crippen LogP contribution in [-0.4, -0.2) is 36.5 Å². The molecule has 0 aliphatic rings. The van der Waals surface area contributed by atoms with E-state index in [1.165, 1.54) is 18.7 Å². The van der Waals surface area contributed by atoms with E-state index in [-0.39, 0.29) is 12.5 Å². The molecule has 0 saturated carbocycles. The first-order valence-electron chi connectivity index (χ1n) is 4.12. The van der Waals surface area contributed by atoms with E-state index in [1.54, 1.807) is 0 Å². The van der Waals surface area contributed by atoms with Crippen LogP contribution in [0.2, 0.25) is 0 Å². The van der Waals surface area contributed by atoms with Crippen LogP contribution >= 0.6 is 0 Å². The van der Waals surface area contributed by atoms with Gasteiger partial charge < -0.3 is 5.32 Å². The van der Waals surface area contributed by atoms with Crippen molar-refractivity contribution in [2.75, 3.05) is 0 Å². The molecule has 0 bridgehead atoms.